The van der Waals surface area contributed by atoms with Gasteiger partial charge in [-0.25, -0.2) is 39.5 Å². The van der Waals surface area contributed by atoms with Gasteiger partial charge < -0.3 is 0 Å². The van der Waals surface area contributed by atoms with Gasteiger partial charge in [0.25, 0.3) is 0 Å². The second-order valence-corrected chi connectivity index (χ2v) is 6.76. The Morgan fingerprint density at radius 2 is 0.931 bits per heavy atom. The highest BCUT2D eigenvalue weighted by atomic mass is 19.2. The molecule has 2 aromatic rings. The fraction of sp³-hybridized carbons (Fsp3) is 0.300. The van der Waals surface area contributed by atoms with E-state index in [0.29, 0.717) is 6.08 Å². The van der Waals surface area contributed by atoms with Crippen molar-refractivity contribution in [1.82, 2.24) is 0 Å². The van der Waals surface area contributed by atoms with Crippen molar-refractivity contribution in [2.75, 3.05) is 0 Å². The molecule has 0 saturated carbocycles. The maximum absolute atomic E-state index is 14.1. The average molecular weight is 426 g/mol. The molecule has 0 radical (unpaired) electrons. The first kappa shape index (κ1) is 22.8. The second kappa shape index (κ2) is 8.51. The van der Waals surface area contributed by atoms with Crippen LogP contribution in [0.1, 0.15) is 55.7 Å². The first-order chi connectivity index (χ1) is 13.4. The summed E-state index contributed by atoms with van der Waals surface area (Å²) in [6.45, 7) is 3.78. The van der Waals surface area contributed by atoms with Crippen molar-refractivity contribution in [2.24, 2.45) is 0 Å². The summed E-state index contributed by atoms with van der Waals surface area (Å²) in [7, 11) is 0. The summed E-state index contributed by atoms with van der Waals surface area (Å²) in [5.41, 5.74) is -2.94. The fourth-order valence-electron chi connectivity index (χ4n) is 2.88. The molecule has 0 bridgehead atoms. The number of halogens is 9. The Labute approximate surface area is 160 Å². The van der Waals surface area contributed by atoms with E-state index in [0.717, 1.165) is 13.0 Å². The lowest BCUT2D eigenvalue weighted by atomic mass is 9.94. The van der Waals surface area contributed by atoms with Gasteiger partial charge in [0.1, 0.15) is 0 Å². The Kier molecular flexibility index (Phi) is 6.70. The van der Waals surface area contributed by atoms with E-state index >= 15 is 0 Å². The third kappa shape index (κ3) is 4.00. The summed E-state index contributed by atoms with van der Waals surface area (Å²) in [6, 6.07) is 0. The summed E-state index contributed by atoms with van der Waals surface area (Å²) in [5, 5.41) is 0. The lowest BCUT2D eigenvalue weighted by Gasteiger charge is -2.14. The highest BCUT2D eigenvalue weighted by Crippen LogP contribution is 2.32. The monoisotopic (exact) mass is 426 g/mol. The van der Waals surface area contributed by atoms with Crippen molar-refractivity contribution in [3.63, 3.8) is 0 Å². The van der Waals surface area contributed by atoms with E-state index in [9.17, 15) is 39.5 Å². The molecule has 0 aliphatic heterocycles. The van der Waals surface area contributed by atoms with Crippen molar-refractivity contribution >= 4 is 6.08 Å². The molecule has 0 fully saturated rings. The Hall–Kier alpha value is -2.45. The lowest BCUT2D eigenvalue weighted by Crippen LogP contribution is -2.10. The molecule has 2 rings (SSSR count). The molecule has 0 aromatic heterocycles. The van der Waals surface area contributed by atoms with Gasteiger partial charge in [-0.15, -0.1) is 0 Å². The minimum Gasteiger partial charge on any atom is -0.203 e. The third-order valence-electron chi connectivity index (χ3n) is 4.42. The minimum atomic E-state index is -2.31. The van der Waals surface area contributed by atoms with Crippen LogP contribution in [0.2, 0.25) is 0 Å². The summed E-state index contributed by atoms with van der Waals surface area (Å²) in [6.07, 6.45) is 1.12. The molecule has 1 atom stereocenters. The lowest BCUT2D eigenvalue weighted by molar-refractivity contribution is 0.365. The maximum atomic E-state index is 14.1. The molecule has 1 unspecified atom stereocenters. The maximum Gasteiger partial charge on any atom is 0.200 e. The largest absolute Gasteiger partial charge is 0.203 e. The zero-order valence-corrected chi connectivity index (χ0v) is 15.4. The van der Waals surface area contributed by atoms with Crippen molar-refractivity contribution in [2.45, 2.75) is 39.0 Å². The molecule has 0 heterocycles. The standard InChI is InChI=1S/C20H15F9/c1-7(2)10-14(23)12(21)9(13(22)15(10)24)6-4-5-8(3)11-16(25)18(27)20(29)19(28)17(11)26/h4,6-8H,5H2,1-3H3/b6-4+. The Bertz CT molecular complexity index is 919. The van der Waals surface area contributed by atoms with Gasteiger partial charge in [0.2, 0.25) is 5.82 Å². The van der Waals surface area contributed by atoms with Crippen LogP contribution >= 0.6 is 0 Å². The number of hydrogen-bond acceptors (Lipinski definition) is 0. The van der Waals surface area contributed by atoms with Crippen LogP contribution in [0.4, 0.5) is 39.5 Å². The van der Waals surface area contributed by atoms with Gasteiger partial charge in [0.05, 0.1) is 5.56 Å². The van der Waals surface area contributed by atoms with E-state index in [1.54, 1.807) is 0 Å². The van der Waals surface area contributed by atoms with Crippen LogP contribution < -0.4 is 0 Å². The highest BCUT2D eigenvalue weighted by Gasteiger charge is 2.28. The normalized spacial score (nSPS) is 13.0. The molecule has 29 heavy (non-hydrogen) atoms. The van der Waals surface area contributed by atoms with Crippen LogP contribution in [0, 0.1) is 52.4 Å². The minimum absolute atomic E-state index is 0.438. The van der Waals surface area contributed by atoms with Gasteiger partial charge in [-0.2, -0.15) is 0 Å². The highest BCUT2D eigenvalue weighted by molar-refractivity contribution is 5.53. The predicted molar refractivity (Wildman–Crippen MR) is 88.7 cm³/mol. The zero-order valence-electron chi connectivity index (χ0n) is 15.4. The number of rotatable bonds is 5. The molecule has 0 spiro atoms. The van der Waals surface area contributed by atoms with Crippen LogP contribution in [-0.2, 0) is 0 Å². The van der Waals surface area contributed by atoms with Crippen LogP contribution in [0.15, 0.2) is 6.08 Å². The Morgan fingerprint density at radius 3 is 1.34 bits per heavy atom. The van der Waals surface area contributed by atoms with Gasteiger partial charge in [-0.05, 0) is 18.3 Å². The van der Waals surface area contributed by atoms with E-state index in [-0.39, 0.29) is 0 Å². The quantitative estimate of drug-likeness (QED) is 0.268. The molecule has 0 aliphatic rings. The third-order valence-corrected chi connectivity index (χ3v) is 4.42. The van der Waals surface area contributed by atoms with E-state index in [2.05, 4.69) is 0 Å². The number of hydrogen-bond donors (Lipinski definition) is 0. The van der Waals surface area contributed by atoms with E-state index in [1.807, 2.05) is 0 Å². The molecular weight excluding hydrogens is 411 g/mol. The van der Waals surface area contributed by atoms with E-state index in [1.165, 1.54) is 13.8 Å². The van der Waals surface area contributed by atoms with Crippen molar-refractivity contribution in [3.05, 3.63) is 75.1 Å². The zero-order chi connectivity index (χ0) is 22.2. The van der Waals surface area contributed by atoms with E-state index < -0.39 is 87.3 Å². The van der Waals surface area contributed by atoms with Gasteiger partial charge in [0.15, 0.2) is 46.5 Å². The van der Waals surface area contributed by atoms with Gasteiger partial charge in [0, 0.05) is 11.1 Å². The van der Waals surface area contributed by atoms with Crippen molar-refractivity contribution in [1.29, 1.82) is 0 Å². The Morgan fingerprint density at radius 1 is 0.552 bits per heavy atom. The van der Waals surface area contributed by atoms with Gasteiger partial charge in [-0.1, -0.05) is 32.9 Å². The molecule has 9 heteroatoms. The molecule has 0 nitrogen and oxygen atoms in total. The van der Waals surface area contributed by atoms with E-state index in [4.69, 9.17) is 0 Å². The van der Waals surface area contributed by atoms with Gasteiger partial charge in [-0.3, -0.25) is 0 Å². The fourth-order valence-corrected chi connectivity index (χ4v) is 2.88. The summed E-state index contributed by atoms with van der Waals surface area (Å²) in [4.78, 5) is 0. The van der Waals surface area contributed by atoms with Crippen LogP contribution in [0.25, 0.3) is 6.08 Å². The molecule has 2 aromatic carbocycles. The first-order valence-corrected chi connectivity index (χ1v) is 8.45. The first-order valence-electron chi connectivity index (χ1n) is 8.45. The SMILES string of the molecule is CC(C)c1c(F)c(F)c(/C=C/CC(C)c2c(F)c(F)c(F)c(F)c2F)c(F)c1F. The number of allylic oxidation sites excluding steroid dienone is 1. The average Bonchev–Trinajstić information content (AvgIpc) is 2.66. The molecule has 0 saturated heterocycles. The Balaban J connectivity index is 2.39. The number of benzene rings is 2. The van der Waals surface area contributed by atoms with Gasteiger partial charge >= 0.3 is 0 Å². The molecule has 158 valence electrons. The smallest absolute Gasteiger partial charge is 0.200 e. The molecule has 0 amide bonds. The van der Waals surface area contributed by atoms with Crippen molar-refractivity contribution in [3.8, 4) is 0 Å². The molecular formula is C20H15F9. The summed E-state index contributed by atoms with van der Waals surface area (Å²) >= 11 is 0. The summed E-state index contributed by atoms with van der Waals surface area (Å²) in [5.74, 6) is -19.2. The van der Waals surface area contributed by atoms with Crippen LogP contribution in [0.5, 0.6) is 0 Å². The van der Waals surface area contributed by atoms with Crippen LogP contribution in [0.3, 0.4) is 0 Å². The molecule has 0 aliphatic carbocycles. The summed E-state index contributed by atoms with van der Waals surface area (Å²) < 4.78 is 123. The molecule has 0 N–H and O–H groups in total. The van der Waals surface area contributed by atoms with Crippen LogP contribution in [-0.4, -0.2) is 0 Å². The topological polar surface area (TPSA) is 0 Å². The van der Waals surface area contributed by atoms with Crippen molar-refractivity contribution < 1.29 is 39.5 Å². The predicted octanol–water partition coefficient (Wildman–Crippen LogP) is 7.27. The second-order valence-electron chi connectivity index (χ2n) is 6.76.